The van der Waals surface area contributed by atoms with Crippen LogP contribution in [0.2, 0.25) is 5.02 Å². The molecule has 0 bridgehead atoms. The van der Waals surface area contributed by atoms with E-state index >= 15 is 0 Å². The summed E-state index contributed by atoms with van der Waals surface area (Å²) in [6.07, 6.45) is 0.752. The van der Waals surface area contributed by atoms with Gasteiger partial charge in [0, 0.05) is 11.6 Å². The smallest absolute Gasteiger partial charge is 0.314 e. The molecule has 0 radical (unpaired) electrons. The minimum Gasteiger partial charge on any atom is -0.493 e. The first kappa shape index (κ1) is 17.9. The number of ether oxygens (including phenoxy) is 2. The van der Waals surface area contributed by atoms with Crippen molar-refractivity contribution in [3.05, 3.63) is 59.1 Å². The number of methoxy groups -OCH3 is 1. The molecule has 2 aromatic rings. The number of carbonyl (C=O) groups is 1. The molecule has 0 saturated heterocycles. The van der Waals surface area contributed by atoms with Crippen LogP contribution in [-0.2, 0) is 6.42 Å². The average molecular weight is 349 g/mol. The molecule has 2 N–H and O–H groups in total. The first-order valence-electron chi connectivity index (χ1n) is 7.71. The van der Waals surface area contributed by atoms with Crippen LogP contribution in [0.3, 0.4) is 0 Å². The summed E-state index contributed by atoms with van der Waals surface area (Å²) >= 11 is 5.83. The van der Waals surface area contributed by atoms with E-state index in [1.54, 1.807) is 7.11 Å². The second-order valence-corrected chi connectivity index (χ2v) is 5.49. The summed E-state index contributed by atoms with van der Waals surface area (Å²) in [5, 5.41) is 6.26. The lowest BCUT2D eigenvalue weighted by Crippen LogP contribution is -2.38. The molecule has 6 heteroatoms. The lowest BCUT2D eigenvalue weighted by Gasteiger charge is -2.11. The van der Waals surface area contributed by atoms with Crippen molar-refractivity contribution in [1.82, 2.24) is 10.6 Å². The van der Waals surface area contributed by atoms with E-state index in [0.717, 1.165) is 12.0 Å². The van der Waals surface area contributed by atoms with E-state index in [9.17, 15) is 4.79 Å². The normalized spacial score (nSPS) is 10.1. The van der Waals surface area contributed by atoms with Crippen molar-refractivity contribution in [2.45, 2.75) is 6.42 Å². The largest absolute Gasteiger partial charge is 0.493 e. The van der Waals surface area contributed by atoms with Gasteiger partial charge in [-0.2, -0.15) is 0 Å². The topological polar surface area (TPSA) is 59.6 Å². The van der Waals surface area contributed by atoms with E-state index in [0.29, 0.717) is 36.2 Å². The summed E-state index contributed by atoms with van der Waals surface area (Å²) in [6, 6.07) is 14.8. The fourth-order valence-corrected chi connectivity index (χ4v) is 2.22. The Hall–Kier alpha value is -2.40. The first-order valence-corrected chi connectivity index (χ1v) is 8.09. The maximum atomic E-state index is 11.7. The molecule has 0 aliphatic carbocycles. The van der Waals surface area contributed by atoms with Crippen molar-refractivity contribution in [3.8, 4) is 11.5 Å². The molecule has 5 nitrogen and oxygen atoms in total. The van der Waals surface area contributed by atoms with Gasteiger partial charge in [-0.05, 0) is 36.2 Å². The quantitative estimate of drug-likeness (QED) is 0.720. The van der Waals surface area contributed by atoms with Crippen LogP contribution >= 0.6 is 11.6 Å². The van der Waals surface area contributed by atoms with Crippen molar-refractivity contribution >= 4 is 17.6 Å². The summed E-state index contributed by atoms with van der Waals surface area (Å²) in [4.78, 5) is 11.7. The molecule has 0 heterocycles. The Morgan fingerprint density at radius 3 is 2.38 bits per heavy atom. The predicted octanol–water partition coefficient (Wildman–Crippen LogP) is 3.27. The van der Waals surface area contributed by atoms with Crippen LogP contribution in [0, 0.1) is 0 Å². The minimum atomic E-state index is -0.215. The van der Waals surface area contributed by atoms with E-state index in [1.165, 1.54) is 0 Å². The lowest BCUT2D eigenvalue weighted by molar-refractivity contribution is 0.235. The highest BCUT2D eigenvalue weighted by molar-refractivity contribution is 6.30. The average Bonchev–Trinajstić information content (AvgIpc) is 2.61. The number of nitrogens with one attached hydrogen (secondary N) is 2. The Balaban J connectivity index is 1.60. The Morgan fingerprint density at radius 1 is 1.00 bits per heavy atom. The Morgan fingerprint density at radius 2 is 1.67 bits per heavy atom. The second-order valence-electron chi connectivity index (χ2n) is 5.06. The number of urea groups is 1. The molecule has 0 spiro atoms. The summed E-state index contributed by atoms with van der Waals surface area (Å²) in [5.41, 5.74) is 1.12. The van der Waals surface area contributed by atoms with Crippen LogP contribution < -0.4 is 20.1 Å². The summed E-state index contributed by atoms with van der Waals surface area (Å²) < 4.78 is 10.8. The number of amides is 2. The number of carbonyl (C=O) groups excluding carboxylic acids is 1. The maximum absolute atomic E-state index is 11.7. The first-order chi connectivity index (χ1) is 11.7. The van der Waals surface area contributed by atoms with Gasteiger partial charge in [0.15, 0.2) is 11.5 Å². The maximum Gasteiger partial charge on any atom is 0.314 e. The molecule has 0 aliphatic rings. The minimum absolute atomic E-state index is 0.215. The van der Waals surface area contributed by atoms with Gasteiger partial charge in [-0.1, -0.05) is 35.9 Å². The van der Waals surface area contributed by atoms with Crippen molar-refractivity contribution in [1.29, 1.82) is 0 Å². The molecule has 0 atom stereocenters. The Kier molecular flexibility index (Phi) is 7.23. The Labute approximate surface area is 146 Å². The number of hydrogen-bond donors (Lipinski definition) is 2. The van der Waals surface area contributed by atoms with Crippen molar-refractivity contribution in [2.24, 2.45) is 0 Å². The third-order valence-electron chi connectivity index (χ3n) is 3.33. The van der Waals surface area contributed by atoms with Gasteiger partial charge < -0.3 is 20.1 Å². The number of rotatable bonds is 8. The van der Waals surface area contributed by atoms with Crippen LogP contribution in [0.4, 0.5) is 4.79 Å². The zero-order valence-electron chi connectivity index (χ0n) is 13.5. The third kappa shape index (κ3) is 6.01. The van der Waals surface area contributed by atoms with Crippen LogP contribution in [0.15, 0.2) is 48.5 Å². The monoisotopic (exact) mass is 348 g/mol. The highest BCUT2D eigenvalue weighted by Gasteiger charge is 2.03. The van der Waals surface area contributed by atoms with Crippen LogP contribution in [0.1, 0.15) is 5.56 Å². The molecule has 128 valence electrons. The van der Waals surface area contributed by atoms with Gasteiger partial charge in [-0.25, -0.2) is 4.79 Å². The van der Waals surface area contributed by atoms with Gasteiger partial charge in [0.2, 0.25) is 0 Å². The summed E-state index contributed by atoms with van der Waals surface area (Å²) in [7, 11) is 1.59. The van der Waals surface area contributed by atoms with E-state index in [2.05, 4.69) is 10.6 Å². The molecule has 2 aromatic carbocycles. The number of hydrogen-bond acceptors (Lipinski definition) is 3. The molecule has 0 unspecified atom stereocenters. The van der Waals surface area contributed by atoms with Crippen LogP contribution in [0.25, 0.3) is 0 Å². The van der Waals surface area contributed by atoms with Gasteiger partial charge in [0.25, 0.3) is 0 Å². The van der Waals surface area contributed by atoms with E-state index < -0.39 is 0 Å². The van der Waals surface area contributed by atoms with Crippen molar-refractivity contribution in [3.63, 3.8) is 0 Å². The fourth-order valence-electron chi connectivity index (χ4n) is 2.10. The van der Waals surface area contributed by atoms with Crippen molar-refractivity contribution in [2.75, 3.05) is 26.8 Å². The molecule has 2 amide bonds. The van der Waals surface area contributed by atoms with Gasteiger partial charge in [-0.15, -0.1) is 0 Å². The Bertz CT molecular complexity index is 647. The fraction of sp³-hybridized carbons (Fsp3) is 0.278. The molecular weight excluding hydrogens is 328 g/mol. The van der Waals surface area contributed by atoms with Crippen LogP contribution in [-0.4, -0.2) is 32.8 Å². The molecule has 0 aliphatic heterocycles. The molecule has 0 fully saturated rings. The third-order valence-corrected chi connectivity index (χ3v) is 3.58. The lowest BCUT2D eigenvalue weighted by atomic mass is 10.1. The van der Waals surface area contributed by atoms with Crippen LogP contribution in [0.5, 0.6) is 11.5 Å². The summed E-state index contributed by atoms with van der Waals surface area (Å²) in [5.74, 6) is 1.33. The molecule has 24 heavy (non-hydrogen) atoms. The standard InChI is InChI=1S/C18H21ClN2O3/c1-23-16-4-2-3-5-17(16)24-13-12-21-18(22)20-11-10-14-6-8-15(19)9-7-14/h2-9H,10-13H2,1H3,(H2,20,21,22). The zero-order valence-corrected chi connectivity index (χ0v) is 14.3. The molecular formula is C18H21ClN2O3. The highest BCUT2D eigenvalue weighted by atomic mass is 35.5. The molecule has 0 aromatic heterocycles. The highest BCUT2D eigenvalue weighted by Crippen LogP contribution is 2.25. The molecule has 0 saturated carbocycles. The zero-order chi connectivity index (χ0) is 17.2. The second kappa shape index (κ2) is 9.67. The molecule has 2 rings (SSSR count). The van der Waals surface area contributed by atoms with E-state index in [-0.39, 0.29) is 6.03 Å². The van der Waals surface area contributed by atoms with Gasteiger partial charge >= 0.3 is 6.03 Å². The number of benzene rings is 2. The van der Waals surface area contributed by atoms with Crippen molar-refractivity contribution < 1.29 is 14.3 Å². The predicted molar refractivity (Wildman–Crippen MR) is 95.0 cm³/mol. The number of para-hydroxylation sites is 2. The van der Waals surface area contributed by atoms with E-state index in [4.69, 9.17) is 21.1 Å². The SMILES string of the molecule is COc1ccccc1OCCNC(=O)NCCc1ccc(Cl)cc1. The van der Waals surface area contributed by atoms with E-state index in [1.807, 2.05) is 48.5 Å². The summed E-state index contributed by atoms with van der Waals surface area (Å²) in [6.45, 7) is 1.33. The van der Waals surface area contributed by atoms with Gasteiger partial charge in [-0.3, -0.25) is 0 Å². The van der Waals surface area contributed by atoms with Gasteiger partial charge in [0.05, 0.1) is 13.7 Å². The number of halogens is 1. The van der Waals surface area contributed by atoms with Gasteiger partial charge in [0.1, 0.15) is 6.61 Å².